The van der Waals surface area contributed by atoms with E-state index in [1.165, 1.54) is 6.07 Å². The van der Waals surface area contributed by atoms with Gasteiger partial charge in [-0.1, -0.05) is 54.0 Å². The van der Waals surface area contributed by atoms with Gasteiger partial charge in [-0.25, -0.2) is 8.78 Å². The molecule has 4 rings (SSSR count). The van der Waals surface area contributed by atoms with Gasteiger partial charge in [0.1, 0.15) is 21.7 Å². The lowest BCUT2D eigenvalue weighted by molar-refractivity contribution is 0.591. The van der Waals surface area contributed by atoms with Gasteiger partial charge in [0.2, 0.25) is 0 Å². The number of hydrogen-bond donors (Lipinski definition) is 2. The van der Waals surface area contributed by atoms with Crippen LogP contribution in [0.3, 0.4) is 0 Å². The number of halogens is 7. The fourth-order valence-corrected chi connectivity index (χ4v) is 5.53. The zero-order valence-corrected chi connectivity index (χ0v) is 21.2. The summed E-state index contributed by atoms with van der Waals surface area (Å²) in [4.78, 5) is 0. The van der Waals surface area contributed by atoms with Crippen LogP contribution in [0.2, 0.25) is 15.1 Å². The Morgan fingerprint density at radius 1 is 0.853 bits per heavy atom. The minimum atomic E-state index is -1.10. The van der Waals surface area contributed by atoms with Gasteiger partial charge in [0, 0.05) is 44.5 Å². The molecule has 1 aliphatic carbocycles. The lowest BCUT2D eigenvalue weighted by Gasteiger charge is -2.16. The Labute approximate surface area is 221 Å². The topological polar surface area (TPSA) is 24.1 Å². The van der Waals surface area contributed by atoms with Crippen LogP contribution in [-0.4, -0.2) is 4.33 Å². The largest absolute Gasteiger partial charge is 0.359 e. The highest BCUT2D eigenvalue weighted by Gasteiger charge is 2.65. The van der Waals surface area contributed by atoms with E-state index in [0.29, 0.717) is 32.0 Å². The molecule has 176 valence electrons. The van der Waals surface area contributed by atoms with Gasteiger partial charge in [-0.2, -0.15) is 0 Å². The highest BCUT2D eigenvalue weighted by atomic mass is 35.5. The van der Waals surface area contributed by atoms with E-state index in [0.717, 1.165) is 17.7 Å². The Bertz CT molecular complexity index is 1270. The van der Waals surface area contributed by atoms with Crippen molar-refractivity contribution >= 4 is 75.1 Å². The van der Waals surface area contributed by atoms with Gasteiger partial charge in [0.15, 0.2) is 0 Å². The SMILES string of the molecule is C=C(Nc1c(F)cccc1F)c1cc(NC(=C)C2C(c3cc(Cl)cc(Cl)c3)C2(Cl)Cl)ccc1Cl. The smallest absolute Gasteiger partial charge is 0.149 e. The number of rotatable bonds is 7. The van der Waals surface area contributed by atoms with Crippen molar-refractivity contribution in [2.24, 2.45) is 5.92 Å². The van der Waals surface area contributed by atoms with Crippen molar-refractivity contribution in [1.29, 1.82) is 0 Å². The molecule has 2 N–H and O–H groups in total. The molecule has 0 saturated heterocycles. The van der Waals surface area contributed by atoms with E-state index >= 15 is 0 Å². The summed E-state index contributed by atoms with van der Waals surface area (Å²) in [5.74, 6) is -2.08. The van der Waals surface area contributed by atoms with Crippen LogP contribution < -0.4 is 10.6 Å². The summed E-state index contributed by atoms with van der Waals surface area (Å²) in [5.41, 5.74) is 2.32. The first-order valence-corrected chi connectivity index (χ1v) is 11.9. The Morgan fingerprint density at radius 2 is 1.47 bits per heavy atom. The second-order valence-corrected chi connectivity index (χ2v) is 10.6. The quantitative estimate of drug-likeness (QED) is 0.281. The maximum Gasteiger partial charge on any atom is 0.149 e. The van der Waals surface area contributed by atoms with E-state index in [-0.39, 0.29) is 23.2 Å². The van der Waals surface area contributed by atoms with Crippen molar-refractivity contribution in [1.82, 2.24) is 0 Å². The van der Waals surface area contributed by atoms with Gasteiger partial charge in [-0.3, -0.25) is 0 Å². The molecule has 34 heavy (non-hydrogen) atoms. The predicted octanol–water partition coefficient (Wildman–Crippen LogP) is 9.52. The van der Waals surface area contributed by atoms with Crippen LogP contribution >= 0.6 is 58.0 Å². The molecule has 0 radical (unpaired) electrons. The average Bonchev–Trinajstić information content (AvgIpc) is 3.33. The van der Waals surface area contributed by atoms with Gasteiger partial charge in [-0.05, 0) is 54.1 Å². The zero-order valence-electron chi connectivity index (χ0n) is 17.4. The maximum absolute atomic E-state index is 14.0. The molecule has 2 unspecified atom stereocenters. The second kappa shape index (κ2) is 9.60. The first-order valence-electron chi connectivity index (χ1n) is 9.98. The monoisotopic (exact) mass is 558 g/mol. The van der Waals surface area contributed by atoms with Crippen molar-refractivity contribution in [2.45, 2.75) is 10.3 Å². The molecule has 1 aliphatic rings. The summed E-state index contributed by atoms with van der Waals surface area (Å²) in [5, 5.41) is 7.15. The van der Waals surface area contributed by atoms with Crippen LogP contribution in [0.5, 0.6) is 0 Å². The number of allylic oxidation sites excluding steroid dienone is 1. The van der Waals surface area contributed by atoms with Gasteiger partial charge in [0.25, 0.3) is 0 Å². The summed E-state index contributed by atoms with van der Waals surface area (Å²) in [6.07, 6.45) is 0. The van der Waals surface area contributed by atoms with Crippen LogP contribution in [0.4, 0.5) is 20.2 Å². The van der Waals surface area contributed by atoms with Gasteiger partial charge < -0.3 is 10.6 Å². The number of nitrogens with one attached hydrogen (secondary N) is 2. The molecule has 1 fully saturated rings. The molecule has 3 aromatic carbocycles. The Hall–Kier alpha value is -1.95. The van der Waals surface area contributed by atoms with E-state index < -0.39 is 16.0 Å². The van der Waals surface area contributed by atoms with Gasteiger partial charge in [0.05, 0.1) is 5.02 Å². The first kappa shape index (κ1) is 25.2. The average molecular weight is 561 g/mol. The van der Waals surface area contributed by atoms with Crippen molar-refractivity contribution in [3.8, 4) is 0 Å². The molecule has 3 aromatic rings. The van der Waals surface area contributed by atoms with Crippen LogP contribution in [0.25, 0.3) is 5.70 Å². The van der Waals surface area contributed by atoms with Crippen LogP contribution in [0, 0.1) is 17.6 Å². The molecule has 2 nitrogen and oxygen atoms in total. The highest BCUT2D eigenvalue weighted by Crippen LogP contribution is 2.67. The van der Waals surface area contributed by atoms with E-state index in [4.69, 9.17) is 58.0 Å². The summed E-state index contributed by atoms with van der Waals surface area (Å²) < 4.78 is 27.0. The lowest BCUT2D eigenvalue weighted by atomic mass is 10.1. The molecule has 1 saturated carbocycles. The molecule has 0 amide bonds. The third kappa shape index (κ3) is 5.02. The van der Waals surface area contributed by atoms with Crippen LogP contribution in [0.1, 0.15) is 17.0 Å². The fourth-order valence-electron chi connectivity index (χ4n) is 3.86. The maximum atomic E-state index is 14.0. The molecule has 2 atom stereocenters. The van der Waals surface area contributed by atoms with Gasteiger partial charge >= 0.3 is 0 Å². The molecular formula is C25H17Cl5F2N2. The normalized spacial score (nSPS) is 18.3. The first-order chi connectivity index (χ1) is 16.0. The molecule has 9 heteroatoms. The van der Waals surface area contributed by atoms with Crippen molar-refractivity contribution in [2.75, 3.05) is 10.6 Å². The molecule has 0 heterocycles. The number of anilines is 2. The number of para-hydroxylation sites is 1. The van der Waals surface area contributed by atoms with E-state index in [9.17, 15) is 8.78 Å². The minimum absolute atomic E-state index is 0.213. The molecule has 0 bridgehead atoms. The van der Waals surface area contributed by atoms with Crippen molar-refractivity contribution in [3.05, 3.63) is 111 Å². The molecule has 0 spiro atoms. The summed E-state index contributed by atoms with van der Waals surface area (Å²) >= 11 is 31.7. The standard InChI is InChI=1S/C25H17Cl5F2N2/c1-12(34-24-20(31)4-3-5-21(24)32)18-11-17(6-7-19(18)28)33-13(2)22-23(25(22,29)30)14-8-15(26)10-16(27)9-14/h3-11,22-23,33-34H,1-2H2. The molecule has 0 aliphatic heterocycles. The number of hydrogen-bond acceptors (Lipinski definition) is 2. The fraction of sp³-hybridized carbons (Fsp3) is 0.120. The van der Waals surface area contributed by atoms with E-state index in [2.05, 4.69) is 23.8 Å². The van der Waals surface area contributed by atoms with Crippen LogP contribution in [-0.2, 0) is 0 Å². The van der Waals surface area contributed by atoms with Crippen molar-refractivity contribution < 1.29 is 8.78 Å². The van der Waals surface area contributed by atoms with Crippen LogP contribution in [0.15, 0.2) is 73.5 Å². The highest BCUT2D eigenvalue weighted by molar-refractivity contribution is 6.52. The number of benzene rings is 3. The van der Waals surface area contributed by atoms with E-state index in [1.807, 2.05) is 0 Å². The Balaban J connectivity index is 1.53. The third-order valence-electron chi connectivity index (χ3n) is 5.51. The lowest BCUT2D eigenvalue weighted by Crippen LogP contribution is -2.06. The minimum Gasteiger partial charge on any atom is -0.359 e. The van der Waals surface area contributed by atoms with E-state index in [1.54, 1.807) is 36.4 Å². The summed E-state index contributed by atoms with van der Waals surface area (Å²) in [6.45, 7) is 7.98. The molecule has 0 aromatic heterocycles. The second-order valence-electron chi connectivity index (χ2n) is 7.88. The number of alkyl halides is 2. The summed E-state index contributed by atoms with van der Waals surface area (Å²) in [7, 11) is 0. The Morgan fingerprint density at radius 3 is 2.09 bits per heavy atom. The van der Waals surface area contributed by atoms with Gasteiger partial charge in [-0.15, -0.1) is 23.2 Å². The summed E-state index contributed by atoms with van der Waals surface area (Å²) in [6, 6.07) is 13.8. The van der Waals surface area contributed by atoms with Crippen molar-refractivity contribution in [3.63, 3.8) is 0 Å². The zero-order chi connectivity index (χ0) is 24.8. The Kier molecular flexibility index (Phi) is 7.10. The predicted molar refractivity (Wildman–Crippen MR) is 140 cm³/mol. The molecular weight excluding hydrogens is 544 g/mol. The third-order valence-corrected chi connectivity index (χ3v) is 7.21.